The molecule has 200 valence electrons. The number of carbonyl (C=O) groups excluding carboxylic acids is 3. The number of rotatable bonds is 6. The average molecular weight is 573 g/mol. The smallest absolute Gasteiger partial charge is 0.308 e. The number of nitro groups is 1. The van der Waals surface area contributed by atoms with Crippen LogP contribution < -0.4 is 15.1 Å². The monoisotopic (exact) mass is 572 g/mol. The molecule has 0 bridgehead atoms. The summed E-state index contributed by atoms with van der Waals surface area (Å²) in [5, 5.41) is 13.5. The van der Waals surface area contributed by atoms with Crippen molar-refractivity contribution >= 4 is 57.9 Å². The zero-order valence-electron chi connectivity index (χ0n) is 20.6. The van der Waals surface area contributed by atoms with Gasteiger partial charge in [0.25, 0.3) is 5.69 Å². The molecular formula is C28H20N4O6S2. The van der Waals surface area contributed by atoms with Crippen molar-refractivity contribution in [2.75, 3.05) is 10.2 Å². The number of thiazole rings is 1. The minimum Gasteiger partial charge on any atom is -0.325 e. The Hall–Kier alpha value is -4.55. The van der Waals surface area contributed by atoms with E-state index < -0.39 is 39.7 Å². The number of anilines is 2. The van der Waals surface area contributed by atoms with E-state index >= 15 is 0 Å². The van der Waals surface area contributed by atoms with Crippen LogP contribution in [0.5, 0.6) is 0 Å². The molecule has 10 nitrogen and oxygen atoms in total. The SMILES string of the molecule is O=C(Cn1c2c(sc1=O)[C@@H](c1ccccc1)[C@@H]1C(=O)N(c3ccc([N+](=O)[O-])cc3)C(=O)[C@@H]1S2)Nc1ccccc1. The minimum atomic E-state index is -0.849. The van der Waals surface area contributed by atoms with Crippen molar-refractivity contribution in [3.05, 3.63) is 115 Å². The third kappa shape index (κ3) is 4.40. The summed E-state index contributed by atoms with van der Waals surface area (Å²) < 4.78 is 1.36. The number of aromatic nitrogens is 1. The van der Waals surface area contributed by atoms with Crippen molar-refractivity contribution in [1.29, 1.82) is 0 Å². The fourth-order valence-electron chi connectivity index (χ4n) is 5.12. The summed E-state index contributed by atoms with van der Waals surface area (Å²) in [6.07, 6.45) is 0. The number of hydrogen-bond donors (Lipinski definition) is 1. The Morgan fingerprint density at radius 3 is 2.20 bits per heavy atom. The number of carbonyl (C=O) groups is 3. The van der Waals surface area contributed by atoms with Crippen LogP contribution in [-0.2, 0) is 20.9 Å². The van der Waals surface area contributed by atoms with Gasteiger partial charge in [0.05, 0.1) is 21.6 Å². The van der Waals surface area contributed by atoms with Gasteiger partial charge in [-0.15, -0.1) is 0 Å². The predicted molar refractivity (Wildman–Crippen MR) is 151 cm³/mol. The molecule has 3 aromatic carbocycles. The maximum atomic E-state index is 13.8. The van der Waals surface area contributed by atoms with Gasteiger partial charge in [-0.1, -0.05) is 71.6 Å². The molecule has 12 heteroatoms. The first-order valence-corrected chi connectivity index (χ1v) is 14.0. The van der Waals surface area contributed by atoms with E-state index in [2.05, 4.69) is 5.32 Å². The van der Waals surface area contributed by atoms with Crippen molar-refractivity contribution < 1.29 is 19.3 Å². The van der Waals surface area contributed by atoms with Gasteiger partial charge in [0.1, 0.15) is 11.8 Å². The summed E-state index contributed by atoms with van der Waals surface area (Å²) >= 11 is 2.09. The molecule has 3 amide bonds. The Morgan fingerprint density at radius 2 is 1.55 bits per heavy atom. The topological polar surface area (TPSA) is 132 Å². The van der Waals surface area contributed by atoms with Gasteiger partial charge in [-0.05, 0) is 29.8 Å². The highest BCUT2D eigenvalue weighted by Crippen LogP contribution is 2.53. The summed E-state index contributed by atoms with van der Waals surface area (Å²) in [6, 6.07) is 23.3. The molecule has 3 heterocycles. The lowest BCUT2D eigenvalue weighted by atomic mass is 9.83. The highest BCUT2D eigenvalue weighted by atomic mass is 32.2. The highest BCUT2D eigenvalue weighted by molar-refractivity contribution is 8.00. The Labute approximate surface area is 235 Å². The van der Waals surface area contributed by atoms with Crippen LogP contribution in [0.2, 0.25) is 0 Å². The van der Waals surface area contributed by atoms with Crippen LogP contribution in [0.25, 0.3) is 0 Å². The summed E-state index contributed by atoms with van der Waals surface area (Å²) in [6.45, 7) is -0.250. The quantitative estimate of drug-likeness (QED) is 0.208. The first-order chi connectivity index (χ1) is 19.3. The van der Waals surface area contributed by atoms with Crippen LogP contribution in [0.3, 0.4) is 0 Å². The number of nitrogens with zero attached hydrogens (tertiary/aromatic N) is 3. The summed E-state index contributed by atoms with van der Waals surface area (Å²) in [5.74, 6) is -2.69. The van der Waals surface area contributed by atoms with Crippen LogP contribution >= 0.6 is 23.1 Å². The second-order valence-corrected chi connectivity index (χ2v) is 11.4. The Morgan fingerprint density at radius 1 is 0.900 bits per heavy atom. The third-order valence-corrected chi connectivity index (χ3v) is 9.49. The third-order valence-electron chi connectivity index (χ3n) is 6.89. The molecule has 6 rings (SSSR count). The standard InChI is InChI=1S/C28H20N4O6S2/c33-20(29-17-9-5-2-6-10-17)15-30-27-24(40-28(30)36)21(16-7-3-1-4-8-16)22-23(39-27)26(35)31(25(22)34)18-11-13-19(14-12-18)32(37)38/h1-14,21-23H,15H2,(H,29,33)/t21-,22-,23+/m0/s1. The Bertz CT molecular complexity index is 1700. The maximum absolute atomic E-state index is 13.8. The number of nitro benzene ring substituents is 1. The lowest BCUT2D eigenvalue weighted by molar-refractivity contribution is -0.384. The zero-order valence-corrected chi connectivity index (χ0v) is 22.3. The summed E-state index contributed by atoms with van der Waals surface area (Å²) in [5.41, 5.74) is 1.45. The summed E-state index contributed by atoms with van der Waals surface area (Å²) in [7, 11) is 0. The normalized spacial score (nSPS) is 19.7. The molecule has 0 aliphatic carbocycles. The number of hydrogen-bond acceptors (Lipinski definition) is 8. The molecule has 1 saturated heterocycles. The van der Waals surface area contributed by atoms with E-state index in [1.54, 1.807) is 24.3 Å². The first-order valence-electron chi connectivity index (χ1n) is 12.3. The predicted octanol–water partition coefficient (Wildman–Crippen LogP) is 4.25. The van der Waals surface area contributed by atoms with Crippen LogP contribution in [0.1, 0.15) is 16.4 Å². The van der Waals surface area contributed by atoms with Gasteiger partial charge >= 0.3 is 4.87 Å². The van der Waals surface area contributed by atoms with E-state index in [0.717, 1.165) is 33.6 Å². The molecular weight excluding hydrogens is 552 g/mol. The van der Waals surface area contributed by atoms with Crippen molar-refractivity contribution in [2.45, 2.75) is 22.7 Å². The number of benzene rings is 3. The van der Waals surface area contributed by atoms with Gasteiger partial charge in [-0.25, -0.2) is 4.90 Å². The fraction of sp³-hybridized carbons (Fsp3) is 0.143. The Balaban J connectivity index is 1.39. The molecule has 0 spiro atoms. The van der Waals surface area contributed by atoms with Crippen molar-refractivity contribution in [1.82, 2.24) is 4.57 Å². The molecule has 0 unspecified atom stereocenters. The lowest BCUT2D eigenvalue weighted by Crippen LogP contribution is -2.33. The fourth-order valence-corrected chi connectivity index (χ4v) is 7.89. The molecule has 2 aliphatic rings. The number of non-ortho nitro benzene ring substituents is 1. The number of amides is 3. The maximum Gasteiger partial charge on any atom is 0.308 e. The molecule has 0 saturated carbocycles. The number of para-hydroxylation sites is 1. The minimum absolute atomic E-state index is 0.156. The zero-order chi connectivity index (χ0) is 28.0. The number of imide groups is 1. The van der Waals surface area contributed by atoms with Crippen LogP contribution in [0, 0.1) is 16.0 Å². The van der Waals surface area contributed by atoms with Crippen LogP contribution in [-0.4, -0.2) is 32.5 Å². The largest absolute Gasteiger partial charge is 0.325 e. The molecule has 2 aliphatic heterocycles. The molecule has 1 aromatic heterocycles. The van der Waals surface area contributed by atoms with Crippen molar-refractivity contribution in [3.8, 4) is 0 Å². The highest BCUT2D eigenvalue weighted by Gasteiger charge is 2.56. The molecule has 4 aromatic rings. The van der Waals surface area contributed by atoms with Gasteiger partial charge in [0.2, 0.25) is 17.7 Å². The van der Waals surface area contributed by atoms with E-state index in [-0.39, 0.29) is 22.8 Å². The molecule has 40 heavy (non-hydrogen) atoms. The van der Waals surface area contributed by atoms with E-state index in [9.17, 15) is 29.3 Å². The van der Waals surface area contributed by atoms with Crippen molar-refractivity contribution in [2.24, 2.45) is 5.92 Å². The van der Waals surface area contributed by atoms with E-state index in [1.807, 2.05) is 36.4 Å². The van der Waals surface area contributed by atoms with E-state index in [0.29, 0.717) is 15.6 Å². The van der Waals surface area contributed by atoms with Gasteiger partial charge < -0.3 is 5.32 Å². The number of fused-ring (bicyclic) bond motifs is 2. The second kappa shape index (κ2) is 10.2. The number of nitrogens with one attached hydrogen (secondary N) is 1. The lowest BCUT2D eigenvalue weighted by Gasteiger charge is -2.30. The molecule has 3 atom stereocenters. The average Bonchev–Trinajstić information content (AvgIpc) is 3.40. The van der Waals surface area contributed by atoms with Gasteiger partial charge in [-0.2, -0.15) is 0 Å². The van der Waals surface area contributed by atoms with Gasteiger partial charge in [-0.3, -0.25) is 33.9 Å². The van der Waals surface area contributed by atoms with Crippen molar-refractivity contribution in [3.63, 3.8) is 0 Å². The van der Waals surface area contributed by atoms with Gasteiger partial charge in [0.15, 0.2) is 0 Å². The van der Waals surface area contributed by atoms with E-state index in [4.69, 9.17) is 0 Å². The van der Waals surface area contributed by atoms with Crippen LogP contribution in [0.15, 0.2) is 94.7 Å². The molecule has 1 N–H and O–H groups in total. The molecule has 0 radical (unpaired) electrons. The van der Waals surface area contributed by atoms with E-state index in [1.165, 1.54) is 28.8 Å². The van der Waals surface area contributed by atoms with Crippen LogP contribution in [0.4, 0.5) is 17.1 Å². The molecule has 1 fully saturated rings. The first kappa shape index (κ1) is 25.7. The second-order valence-electron chi connectivity index (χ2n) is 9.28. The van der Waals surface area contributed by atoms with Gasteiger partial charge in [0, 0.05) is 28.6 Å². The number of thioether (sulfide) groups is 1. The summed E-state index contributed by atoms with van der Waals surface area (Å²) in [4.78, 5) is 65.5. The Kier molecular flexibility index (Phi) is 6.56.